The number of nitrogens with one attached hydrogen (secondary N) is 2. The Kier molecular flexibility index (Phi) is 5.33. The molecular formula is C18H18N6O2. The summed E-state index contributed by atoms with van der Waals surface area (Å²) < 4.78 is 0. The van der Waals surface area contributed by atoms with Crippen LogP contribution in [0.4, 0.5) is 23.1 Å². The zero-order chi connectivity index (χ0) is 18.4. The van der Waals surface area contributed by atoms with E-state index in [1.54, 1.807) is 12.3 Å². The van der Waals surface area contributed by atoms with Gasteiger partial charge in [-0.3, -0.25) is 10.1 Å². The lowest BCUT2D eigenvalue weighted by atomic mass is 10.1. The first kappa shape index (κ1) is 17.3. The van der Waals surface area contributed by atoms with Gasteiger partial charge in [-0.2, -0.15) is 0 Å². The average Bonchev–Trinajstić information content (AvgIpc) is 2.64. The monoisotopic (exact) mass is 350 g/mol. The lowest BCUT2D eigenvalue weighted by molar-refractivity contribution is -0.383. The SMILES string of the molecule is Cc1ccc(Nc2ncnc(NCCc3ccccc3)c2[N+](=O)[O-])nc1. The van der Waals surface area contributed by atoms with Crippen LogP contribution in [0.1, 0.15) is 11.1 Å². The molecule has 0 saturated heterocycles. The number of hydrogen-bond acceptors (Lipinski definition) is 7. The molecule has 0 aliphatic carbocycles. The number of pyridine rings is 1. The average molecular weight is 350 g/mol. The molecule has 0 saturated carbocycles. The van der Waals surface area contributed by atoms with Crippen molar-refractivity contribution in [3.05, 3.63) is 76.2 Å². The summed E-state index contributed by atoms with van der Waals surface area (Å²) in [6.07, 6.45) is 3.69. The van der Waals surface area contributed by atoms with E-state index >= 15 is 0 Å². The van der Waals surface area contributed by atoms with Gasteiger partial charge in [0.25, 0.3) is 0 Å². The minimum atomic E-state index is -0.499. The van der Waals surface area contributed by atoms with Gasteiger partial charge < -0.3 is 10.6 Å². The molecule has 0 amide bonds. The molecular weight excluding hydrogens is 332 g/mol. The number of anilines is 3. The first-order valence-electron chi connectivity index (χ1n) is 8.10. The van der Waals surface area contributed by atoms with Gasteiger partial charge in [-0.25, -0.2) is 15.0 Å². The molecule has 0 unspecified atom stereocenters. The van der Waals surface area contributed by atoms with E-state index in [9.17, 15) is 10.1 Å². The van der Waals surface area contributed by atoms with E-state index in [2.05, 4.69) is 25.6 Å². The van der Waals surface area contributed by atoms with Crippen molar-refractivity contribution in [1.82, 2.24) is 15.0 Å². The van der Waals surface area contributed by atoms with Crippen LogP contribution in [0.25, 0.3) is 0 Å². The maximum Gasteiger partial charge on any atom is 0.353 e. The first-order valence-corrected chi connectivity index (χ1v) is 8.10. The van der Waals surface area contributed by atoms with E-state index in [-0.39, 0.29) is 17.3 Å². The van der Waals surface area contributed by atoms with Crippen LogP contribution in [0.15, 0.2) is 55.0 Å². The van der Waals surface area contributed by atoms with Gasteiger partial charge in [0.1, 0.15) is 12.1 Å². The van der Waals surface area contributed by atoms with Crippen LogP contribution in [-0.4, -0.2) is 26.4 Å². The molecule has 0 spiro atoms. The van der Waals surface area contributed by atoms with Crippen molar-refractivity contribution in [2.75, 3.05) is 17.2 Å². The van der Waals surface area contributed by atoms with E-state index in [4.69, 9.17) is 0 Å². The standard InChI is InChI=1S/C18H18N6O2/c1-13-7-8-15(20-11-13)23-18-16(24(25)26)17(21-12-22-18)19-10-9-14-5-3-2-4-6-14/h2-8,11-12H,9-10H2,1H3,(H2,19,20,21,22,23). The van der Waals surface area contributed by atoms with Crippen molar-refractivity contribution in [2.24, 2.45) is 0 Å². The summed E-state index contributed by atoms with van der Waals surface area (Å²) in [5.41, 5.74) is 1.93. The lowest BCUT2D eigenvalue weighted by Gasteiger charge is -2.10. The van der Waals surface area contributed by atoms with Gasteiger partial charge in [0.05, 0.1) is 4.92 Å². The number of nitrogens with zero attached hydrogens (tertiary/aromatic N) is 4. The van der Waals surface area contributed by atoms with Crippen molar-refractivity contribution < 1.29 is 4.92 Å². The highest BCUT2D eigenvalue weighted by molar-refractivity contribution is 5.72. The topological polar surface area (TPSA) is 106 Å². The largest absolute Gasteiger partial charge is 0.364 e. The number of nitro groups is 1. The van der Waals surface area contributed by atoms with E-state index in [0.717, 1.165) is 17.5 Å². The Bertz CT molecular complexity index is 884. The molecule has 2 heterocycles. The summed E-state index contributed by atoms with van der Waals surface area (Å²) in [4.78, 5) is 23.3. The van der Waals surface area contributed by atoms with Gasteiger partial charge in [-0.1, -0.05) is 36.4 Å². The summed E-state index contributed by atoms with van der Waals surface area (Å²) in [6.45, 7) is 2.43. The fourth-order valence-electron chi connectivity index (χ4n) is 2.41. The van der Waals surface area contributed by atoms with Crippen molar-refractivity contribution >= 4 is 23.1 Å². The van der Waals surface area contributed by atoms with Crippen LogP contribution in [0.2, 0.25) is 0 Å². The lowest BCUT2D eigenvalue weighted by Crippen LogP contribution is -2.11. The number of hydrogen-bond donors (Lipinski definition) is 2. The summed E-state index contributed by atoms with van der Waals surface area (Å²) >= 11 is 0. The summed E-state index contributed by atoms with van der Waals surface area (Å²) in [5, 5.41) is 17.5. The van der Waals surface area contributed by atoms with Gasteiger partial charge >= 0.3 is 5.69 Å². The molecule has 3 aromatic rings. The number of rotatable bonds is 7. The first-order chi connectivity index (χ1) is 12.6. The van der Waals surface area contributed by atoms with Crippen LogP contribution in [0.3, 0.4) is 0 Å². The minimum Gasteiger partial charge on any atom is -0.364 e. The third-order valence-electron chi connectivity index (χ3n) is 3.71. The smallest absolute Gasteiger partial charge is 0.353 e. The third kappa shape index (κ3) is 4.29. The molecule has 2 aromatic heterocycles. The van der Waals surface area contributed by atoms with Crippen LogP contribution in [0.5, 0.6) is 0 Å². The predicted octanol–water partition coefficient (Wildman–Crippen LogP) is 3.49. The van der Waals surface area contributed by atoms with Crippen LogP contribution in [0, 0.1) is 17.0 Å². The van der Waals surface area contributed by atoms with Crippen LogP contribution < -0.4 is 10.6 Å². The summed E-state index contributed by atoms with van der Waals surface area (Å²) in [7, 11) is 0. The van der Waals surface area contributed by atoms with Gasteiger partial charge in [0, 0.05) is 12.7 Å². The Morgan fingerprint density at radius 1 is 1.04 bits per heavy atom. The highest BCUT2D eigenvalue weighted by Gasteiger charge is 2.23. The second-order valence-corrected chi connectivity index (χ2v) is 5.68. The number of aryl methyl sites for hydroxylation is 1. The highest BCUT2D eigenvalue weighted by atomic mass is 16.6. The van der Waals surface area contributed by atoms with Crippen molar-refractivity contribution in [2.45, 2.75) is 13.3 Å². The van der Waals surface area contributed by atoms with Crippen LogP contribution >= 0.6 is 0 Å². The van der Waals surface area contributed by atoms with Gasteiger partial charge in [0.15, 0.2) is 0 Å². The van der Waals surface area contributed by atoms with Gasteiger partial charge in [0.2, 0.25) is 11.6 Å². The maximum absolute atomic E-state index is 11.5. The Morgan fingerprint density at radius 2 is 1.81 bits per heavy atom. The molecule has 2 N–H and O–H groups in total. The van der Waals surface area contributed by atoms with Gasteiger partial charge in [-0.15, -0.1) is 0 Å². The molecule has 0 atom stereocenters. The fourth-order valence-corrected chi connectivity index (χ4v) is 2.41. The predicted molar refractivity (Wildman–Crippen MR) is 99.6 cm³/mol. The molecule has 8 nitrogen and oxygen atoms in total. The molecule has 0 fully saturated rings. The normalized spacial score (nSPS) is 10.3. The molecule has 3 rings (SSSR count). The van der Waals surface area contributed by atoms with E-state index < -0.39 is 4.92 Å². The Hall–Kier alpha value is -3.55. The zero-order valence-electron chi connectivity index (χ0n) is 14.2. The van der Waals surface area contributed by atoms with Crippen molar-refractivity contribution in [1.29, 1.82) is 0 Å². The molecule has 1 aromatic carbocycles. The Balaban J connectivity index is 1.77. The number of benzene rings is 1. The van der Waals surface area contributed by atoms with E-state index in [1.165, 1.54) is 6.33 Å². The second kappa shape index (κ2) is 8.02. The molecule has 132 valence electrons. The Labute approximate surface area is 150 Å². The summed E-state index contributed by atoms with van der Waals surface area (Å²) in [6, 6.07) is 13.5. The second-order valence-electron chi connectivity index (χ2n) is 5.68. The minimum absolute atomic E-state index is 0.101. The molecule has 0 bridgehead atoms. The summed E-state index contributed by atoms with van der Waals surface area (Å²) in [5.74, 6) is 0.756. The zero-order valence-corrected chi connectivity index (χ0v) is 14.2. The van der Waals surface area contributed by atoms with E-state index in [1.807, 2.05) is 43.3 Å². The van der Waals surface area contributed by atoms with Crippen molar-refractivity contribution in [3.63, 3.8) is 0 Å². The highest BCUT2D eigenvalue weighted by Crippen LogP contribution is 2.30. The fraction of sp³-hybridized carbons (Fsp3) is 0.167. The third-order valence-corrected chi connectivity index (χ3v) is 3.71. The number of aromatic nitrogens is 3. The maximum atomic E-state index is 11.5. The molecule has 8 heteroatoms. The van der Waals surface area contributed by atoms with Gasteiger partial charge in [-0.05, 0) is 30.5 Å². The Morgan fingerprint density at radius 3 is 2.50 bits per heavy atom. The molecule has 0 aliphatic heterocycles. The quantitative estimate of drug-likeness (QED) is 0.496. The van der Waals surface area contributed by atoms with E-state index in [0.29, 0.717) is 12.4 Å². The molecule has 0 radical (unpaired) electrons. The van der Waals surface area contributed by atoms with Crippen LogP contribution in [-0.2, 0) is 6.42 Å². The molecule has 0 aliphatic rings. The van der Waals surface area contributed by atoms with Crippen molar-refractivity contribution in [3.8, 4) is 0 Å². The molecule has 26 heavy (non-hydrogen) atoms.